The molecular formula is C7H17BrNO3PS. The molecule has 0 fully saturated rings. The summed E-state index contributed by atoms with van der Waals surface area (Å²) in [7, 11) is -0.367. The van der Waals surface area contributed by atoms with Gasteiger partial charge in [0.1, 0.15) is 0 Å². The summed E-state index contributed by atoms with van der Waals surface area (Å²) in [4.78, 5) is 0. The van der Waals surface area contributed by atoms with Crippen molar-refractivity contribution < 1.29 is 13.6 Å². The summed E-state index contributed by atoms with van der Waals surface area (Å²) in [5.74, 6) is 0. The van der Waals surface area contributed by atoms with Gasteiger partial charge in [0.05, 0.1) is 12.2 Å². The first-order valence-electron chi connectivity index (χ1n) is 4.31. The molecule has 0 saturated heterocycles. The Labute approximate surface area is 97.6 Å². The van der Waals surface area contributed by atoms with E-state index in [1.807, 2.05) is 27.7 Å². The summed E-state index contributed by atoms with van der Waals surface area (Å²) < 4.78 is 24.3. The van der Waals surface area contributed by atoms with Gasteiger partial charge in [0.2, 0.25) is 0 Å². The fourth-order valence-electron chi connectivity index (χ4n) is 0.728. The van der Waals surface area contributed by atoms with Crippen LogP contribution in [0.5, 0.6) is 0 Å². The first kappa shape index (κ1) is 14.9. The lowest BCUT2D eigenvalue weighted by atomic mass is 10.5. The molecule has 0 aliphatic rings. The Bertz CT molecular complexity index is 201. The minimum Gasteiger partial charge on any atom is -0.293 e. The third kappa shape index (κ3) is 5.14. The van der Waals surface area contributed by atoms with Crippen molar-refractivity contribution in [2.75, 3.05) is 7.05 Å². The molecule has 4 nitrogen and oxygen atoms in total. The standard InChI is InChI=1S/C7H17BrNO3PS/c1-6(2)11-13(10,9(5)14-8)12-7(3)4/h6-7H,1-5H3. The Morgan fingerprint density at radius 1 is 1.21 bits per heavy atom. The molecule has 0 radical (unpaired) electrons. The van der Waals surface area contributed by atoms with E-state index in [4.69, 9.17) is 9.05 Å². The molecule has 0 saturated carbocycles. The molecule has 0 unspecified atom stereocenters. The normalized spacial score (nSPS) is 13.2. The quantitative estimate of drug-likeness (QED) is 0.551. The van der Waals surface area contributed by atoms with Crippen molar-refractivity contribution in [1.82, 2.24) is 4.08 Å². The van der Waals surface area contributed by atoms with Gasteiger partial charge in [-0.25, -0.2) is 4.57 Å². The van der Waals surface area contributed by atoms with E-state index in [2.05, 4.69) is 14.8 Å². The van der Waals surface area contributed by atoms with Gasteiger partial charge in [-0.05, 0) is 27.7 Å². The lowest BCUT2D eigenvalue weighted by Gasteiger charge is -2.27. The lowest BCUT2D eigenvalue weighted by molar-refractivity contribution is 0.126. The molecule has 0 aliphatic carbocycles. The van der Waals surface area contributed by atoms with E-state index in [-0.39, 0.29) is 12.2 Å². The van der Waals surface area contributed by atoms with Crippen LogP contribution in [0.2, 0.25) is 0 Å². The highest BCUT2D eigenvalue weighted by Crippen LogP contribution is 2.57. The van der Waals surface area contributed by atoms with Gasteiger partial charge in [0.15, 0.2) is 0 Å². The van der Waals surface area contributed by atoms with Crippen LogP contribution < -0.4 is 0 Å². The van der Waals surface area contributed by atoms with Gasteiger partial charge in [-0.1, -0.05) is 0 Å². The van der Waals surface area contributed by atoms with Crippen LogP contribution in [-0.2, 0) is 13.6 Å². The van der Waals surface area contributed by atoms with E-state index in [1.54, 1.807) is 7.05 Å². The molecule has 7 heteroatoms. The highest BCUT2D eigenvalue weighted by atomic mass is 79.9. The predicted molar refractivity (Wildman–Crippen MR) is 64.3 cm³/mol. The minimum atomic E-state index is -3.17. The molecule has 14 heavy (non-hydrogen) atoms. The van der Waals surface area contributed by atoms with Crippen LogP contribution in [0.3, 0.4) is 0 Å². The van der Waals surface area contributed by atoms with E-state index >= 15 is 0 Å². The Kier molecular flexibility index (Phi) is 6.94. The molecule has 0 aliphatic heterocycles. The van der Waals surface area contributed by atoms with Gasteiger partial charge in [0, 0.05) is 32.2 Å². The Balaban J connectivity index is 4.58. The maximum atomic E-state index is 12.2. The molecule has 0 heterocycles. The molecule has 0 aromatic carbocycles. The number of rotatable bonds is 6. The van der Waals surface area contributed by atoms with Gasteiger partial charge in [-0.2, -0.15) is 0 Å². The summed E-state index contributed by atoms with van der Waals surface area (Å²) in [6.45, 7) is 7.29. The van der Waals surface area contributed by atoms with Gasteiger partial charge in [0.25, 0.3) is 0 Å². The van der Waals surface area contributed by atoms with Crippen LogP contribution in [0.1, 0.15) is 27.7 Å². The molecule has 86 valence electrons. The molecule has 0 amide bonds. The Morgan fingerprint density at radius 3 is 1.79 bits per heavy atom. The SMILES string of the molecule is CC(C)OP(=O)(OC(C)C)N(C)SBr. The van der Waals surface area contributed by atoms with E-state index < -0.39 is 7.75 Å². The molecule has 0 spiro atoms. The first-order valence-corrected chi connectivity index (χ1v) is 8.42. The Morgan fingerprint density at radius 2 is 1.57 bits per heavy atom. The topological polar surface area (TPSA) is 38.8 Å². The van der Waals surface area contributed by atoms with E-state index in [0.29, 0.717) is 0 Å². The van der Waals surface area contributed by atoms with Gasteiger partial charge < -0.3 is 0 Å². The zero-order valence-corrected chi connectivity index (χ0v) is 12.4. The van der Waals surface area contributed by atoms with E-state index in [9.17, 15) is 4.57 Å². The summed E-state index contributed by atoms with van der Waals surface area (Å²) in [5.41, 5.74) is 0. The summed E-state index contributed by atoms with van der Waals surface area (Å²) in [5, 5.41) is 0. The second-order valence-electron chi connectivity index (χ2n) is 3.31. The van der Waals surface area contributed by atoms with Gasteiger partial charge in [-0.15, -0.1) is 4.08 Å². The fraction of sp³-hybridized carbons (Fsp3) is 1.00. The third-order valence-electron chi connectivity index (χ3n) is 1.13. The number of nitrogens with zero attached hydrogens (tertiary/aromatic N) is 1. The lowest BCUT2D eigenvalue weighted by Crippen LogP contribution is -2.16. The predicted octanol–water partition coefficient (Wildman–Crippen LogP) is 3.83. The van der Waals surface area contributed by atoms with E-state index in [1.165, 1.54) is 4.08 Å². The van der Waals surface area contributed by atoms with Crippen molar-refractivity contribution >= 4 is 32.9 Å². The van der Waals surface area contributed by atoms with Crippen molar-refractivity contribution in [3.05, 3.63) is 0 Å². The minimum absolute atomic E-state index is 0.137. The van der Waals surface area contributed by atoms with Crippen LogP contribution >= 0.6 is 32.9 Å². The summed E-state index contributed by atoms with van der Waals surface area (Å²) >= 11 is 3.14. The van der Waals surface area contributed by atoms with E-state index in [0.717, 1.165) is 10.4 Å². The highest BCUT2D eigenvalue weighted by Gasteiger charge is 2.33. The molecule has 0 N–H and O–H groups in total. The summed E-state index contributed by atoms with van der Waals surface area (Å²) in [6.07, 6.45) is -0.275. The average molecular weight is 306 g/mol. The van der Waals surface area contributed by atoms with Crippen molar-refractivity contribution in [3.8, 4) is 0 Å². The molecule has 0 atom stereocenters. The van der Waals surface area contributed by atoms with Crippen molar-refractivity contribution in [2.24, 2.45) is 0 Å². The number of hydrogen-bond donors (Lipinski definition) is 0. The zero-order chi connectivity index (χ0) is 11.4. The van der Waals surface area contributed by atoms with Crippen LogP contribution in [0, 0.1) is 0 Å². The molecular weight excluding hydrogens is 289 g/mol. The highest BCUT2D eigenvalue weighted by molar-refractivity contribution is 9.49. The van der Waals surface area contributed by atoms with Crippen LogP contribution in [0.4, 0.5) is 0 Å². The zero-order valence-electron chi connectivity index (χ0n) is 9.06. The monoisotopic (exact) mass is 305 g/mol. The molecule has 0 aromatic rings. The maximum absolute atomic E-state index is 12.2. The van der Waals surface area contributed by atoms with Gasteiger partial charge in [-0.3, -0.25) is 9.05 Å². The smallest absolute Gasteiger partial charge is 0.293 e. The number of halogens is 1. The number of hydrogen-bond acceptors (Lipinski definition) is 4. The fourth-order valence-corrected chi connectivity index (χ4v) is 4.07. The molecule has 0 rings (SSSR count). The summed E-state index contributed by atoms with van der Waals surface area (Å²) in [6, 6.07) is 0. The van der Waals surface area contributed by atoms with Crippen molar-refractivity contribution in [2.45, 2.75) is 39.9 Å². The average Bonchev–Trinajstić information content (AvgIpc) is 1.99. The van der Waals surface area contributed by atoms with Gasteiger partial charge >= 0.3 is 7.75 Å². The second-order valence-corrected chi connectivity index (χ2v) is 7.09. The second kappa shape index (κ2) is 6.51. The molecule has 0 bridgehead atoms. The maximum Gasteiger partial charge on any atom is 0.418 e. The third-order valence-corrected chi connectivity index (χ3v) is 6.22. The van der Waals surface area contributed by atoms with Crippen molar-refractivity contribution in [3.63, 3.8) is 0 Å². The van der Waals surface area contributed by atoms with Crippen LogP contribution in [0.25, 0.3) is 0 Å². The Hall–Kier alpha value is 0.940. The van der Waals surface area contributed by atoms with Crippen molar-refractivity contribution in [1.29, 1.82) is 0 Å². The largest absolute Gasteiger partial charge is 0.418 e. The van der Waals surface area contributed by atoms with Crippen LogP contribution in [-0.4, -0.2) is 23.3 Å². The molecule has 0 aromatic heterocycles. The van der Waals surface area contributed by atoms with Crippen LogP contribution in [0.15, 0.2) is 0 Å². The first-order chi connectivity index (χ1) is 6.31.